The van der Waals surface area contributed by atoms with Gasteiger partial charge < -0.3 is 54.1 Å². The first-order chi connectivity index (χ1) is 29.9. The number of aldehydes is 2. The van der Waals surface area contributed by atoms with E-state index in [1.54, 1.807) is 24.3 Å². The van der Waals surface area contributed by atoms with Crippen LogP contribution in [0.4, 0.5) is 0 Å². The van der Waals surface area contributed by atoms with Gasteiger partial charge in [-0.2, -0.15) is 0 Å². The number of nitrogens with two attached hydrogens (primary N) is 1. The number of halogens is 3. The first-order valence-corrected chi connectivity index (χ1v) is 21.5. The van der Waals surface area contributed by atoms with Gasteiger partial charge in [0.25, 0.3) is 0 Å². The minimum absolute atomic E-state index is 0. The Labute approximate surface area is 462 Å². The van der Waals surface area contributed by atoms with Crippen LogP contribution >= 0.6 is 36.4 Å². The molecule has 4 aromatic carbocycles. The van der Waals surface area contributed by atoms with Crippen molar-refractivity contribution in [2.45, 2.75) is 78.4 Å². The molecule has 0 aromatic heterocycles. The van der Waals surface area contributed by atoms with Gasteiger partial charge in [0.2, 0.25) is 0 Å². The van der Waals surface area contributed by atoms with E-state index in [0.29, 0.717) is 48.7 Å². The topological polar surface area (TPSA) is 175 Å². The molecule has 0 saturated carbocycles. The number of unbranched alkanes of at least 4 members (excludes halogenated alkanes) is 2. The van der Waals surface area contributed by atoms with Crippen LogP contribution in [0.15, 0.2) is 115 Å². The number of esters is 1. The summed E-state index contributed by atoms with van der Waals surface area (Å²) in [7, 11) is 4.49. The smallest absolute Gasteiger partial charge is 0.0623 e. The minimum Gasteiger partial charge on any atom is -0.0623 e. The number of aliphatic hydroxyl groups excluding tert-OH is 3. The maximum Gasteiger partial charge on any atom is -0.0623 e. The van der Waals surface area contributed by atoms with Crippen LogP contribution in [0.1, 0.15) is 71.4 Å². The molecule has 0 heterocycles. The number of carbonyl (C=O) groups is 3. The molecule has 1 unspecified atom stereocenters. The second-order valence-corrected chi connectivity index (χ2v) is 17.2. The molecule has 0 aliphatic rings. The summed E-state index contributed by atoms with van der Waals surface area (Å²) in [5.74, 6) is 0.938. The van der Waals surface area contributed by atoms with E-state index >= 15 is 0 Å². The second kappa shape index (κ2) is 45.1. The summed E-state index contributed by atoms with van der Waals surface area (Å²) in [5, 5.41) is 26.0. The van der Waals surface area contributed by atoms with Crippen LogP contribution in [0.25, 0.3) is 0 Å². The number of hydrogen-bond donors (Lipinski definition) is 4. The second-order valence-electron chi connectivity index (χ2n) is 16.8. The number of carbonyl (C=O) groups excluding carboxylic acids is 3. The average Bonchev–Trinajstić information content (AvgIpc) is 3.26. The van der Waals surface area contributed by atoms with Crippen molar-refractivity contribution in [3.05, 3.63) is 131 Å². The monoisotopic (exact) mass is 1020 g/mol. The summed E-state index contributed by atoms with van der Waals surface area (Å²) in [6, 6.07) is 38.0. The van der Waals surface area contributed by atoms with E-state index in [4.69, 9.17) is 46.9 Å². The third kappa shape index (κ3) is 43.7. The Kier molecular flexibility index (Phi) is 49.7. The summed E-state index contributed by atoms with van der Waals surface area (Å²) in [5.41, 5.74) is 7.96. The number of likely N-dealkylation sites (N-methyl/N-ethyl adjacent to an activating group) is 1. The van der Waals surface area contributed by atoms with Crippen LogP contribution < -0.4 is 15.2 Å². The number of rotatable bonds is 21. The molecule has 1 atom stereocenters. The van der Waals surface area contributed by atoms with Crippen molar-refractivity contribution in [3.8, 4) is 11.5 Å². The fraction of sp³-hybridized carbons (Fsp3) is 0.460. The third-order valence-electron chi connectivity index (χ3n) is 8.57. The van der Waals surface area contributed by atoms with Crippen molar-refractivity contribution < 1.29 is 53.1 Å². The SMILES string of the molecule is CC(C)(C)CC(C)(C)c1ccc(OCCOCC[N+](C)(C)Cc2ccccc2)cc1.Cl.Cl.NCC(=O)OCO.O=CCCCC=O.OCC(O)COc1ccc(Cl)cc1.[NaH].[NaH].c1ccccc1. The molecule has 67 heavy (non-hydrogen) atoms. The van der Waals surface area contributed by atoms with Gasteiger partial charge in [0, 0.05) is 23.4 Å². The van der Waals surface area contributed by atoms with E-state index in [-0.39, 0.29) is 109 Å². The normalized spacial score (nSPS) is 10.6. The Bertz CT molecular complexity index is 1690. The van der Waals surface area contributed by atoms with Crippen molar-refractivity contribution in [2.75, 3.05) is 67.0 Å². The van der Waals surface area contributed by atoms with E-state index < -0.39 is 18.9 Å². The van der Waals surface area contributed by atoms with Crippen molar-refractivity contribution in [1.29, 1.82) is 0 Å². The average molecular weight is 1020 g/mol. The van der Waals surface area contributed by atoms with Crippen LogP contribution in [0.3, 0.4) is 0 Å². The largest absolute Gasteiger partial charge is 0.0623 e. The van der Waals surface area contributed by atoms with Gasteiger partial charge in [-0.05, 0) is 65.6 Å². The maximum atomic E-state index is 9.90. The van der Waals surface area contributed by atoms with Crippen LogP contribution in [0.2, 0.25) is 5.02 Å². The molecule has 0 radical (unpaired) electrons. The first kappa shape index (κ1) is 73.9. The maximum absolute atomic E-state index is 9.90. The van der Waals surface area contributed by atoms with E-state index in [2.05, 4.69) is 108 Å². The predicted molar refractivity (Wildman–Crippen MR) is 280 cm³/mol. The fourth-order valence-corrected chi connectivity index (χ4v) is 5.92. The molecule has 0 amide bonds. The van der Waals surface area contributed by atoms with Gasteiger partial charge in [-0.25, -0.2) is 0 Å². The zero-order valence-corrected chi connectivity index (χ0v) is 41.7. The first-order valence-electron chi connectivity index (χ1n) is 21.1. The summed E-state index contributed by atoms with van der Waals surface area (Å²) >= 11 is 5.66. The van der Waals surface area contributed by atoms with Gasteiger partial charge >= 0.3 is 65.1 Å². The Morgan fingerprint density at radius 2 is 1.21 bits per heavy atom. The summed E-state index contributed by atoms with van der Waals surface area (Å²) in [6.07, 6.45) is 3.68. The number of hydrogen-bond acceptors (Lipinski definition) is 11. The Morgan fingerprint density at radius 3 is 1.64 bits per heavy atom. The molecule has 0 fully saturated rings. The van der Waals surface area contributed by atoms with Crippen molar-refractivity contribution in [1.82, 2.24) is 0 Å². The molecule has 0 aliphatic heterocycles. The minimum atomic E-state index is -0.837. The van der Waals surface area contributed by atoms with E-state index in [0.717, 1.165) is 48.9 Å². The molecule has 0 spiro atoms. The Hall–Kier alpha value is -2.08. The molecule has 370 valence electrons. The van der Waals surface area contributed by atoms with Crippen LogP contribution in [0, 0.1) is 5.41 Å². The zero-order chi connectivity index (χ0) is 47.4. The van der Waals surface area contributed by atoms with Crippen LogP contribution in [-0.2, 0) is 35.8 Å². The van der Waals surface area contributed by atoms with Gasteiger partial charge in [0.1, 0.15) is 56.5 Å². The standard InChI is InChI=1S/C27H42NO2.C9H11ClO3.C6H6.C5H8O2.C3H7NO3.2ClH.2Na.2H/c1-26(2,3)22-27(4,5)24-13-15-25(16-14-24)30-20-19-29-18-17-28(6,7)21-23-11-9-8-10-12-23;10-7-1-3-9(4-2-7)13-6-8(12)5-11;1-2-4-6-5-3-1;6-4-2-1-3-5-7;4-1-3(6)7-2-5;;;;;;/h8-16H,17-22H2,1-7H3;1-4,8,11-12H,5-6H2;1-6H;4-5H,1-3H2;5H,1-2,4H2;2*1H;;;;/q+1;;;;;;;;;;. The zero-order valence-electron chi connectivity index (χ0n) is 39.3. The van der Waals surface area contributed by atoms with Crippen molar-refractivity contribution in [3.63, 3.8) is 0 Å². The summed E-state index contributed by atoms with van der Waals surface area (Å²) < 4.78 is 21.7. The number of ether oxygens (including phenoxy) is 4. The van der Waals surface area contributed by atoms with Crippen LogP contribution in [-0.4, -0.2) is 171 Å². The molecule has 12 nitrogen and oxygen atoms in total. The Balaban J connectivity index is -0.000000285. The van der Waals surface area contributed by atoms with Crippen molar-refractivity contribution in [2.24, 2.45) is 11.1 Å². The van der Waals surface area contributed by atoms with E-state index in [9.17, 15) is 14.4 Å². The number of benzene rings is 4. The number of quaternary nitrogens is 1. The molecular formula is C50H78Cl3N2Na2O10+. The molecular weight excluding hydrogens is 941 g/mol. The summed E-state index contributed by atoms with van der Waals surface area (Å²) in [4.78, 5) is 29.0. The van der Waals surface area contributed by atoms with E-state index in [1.807, 2.05) is 36.4 Å². The molecule has 5 N–H and O–H groups in total. The molecule has 4 aromatic rings. The van der Waals surface area contributed by atoms with Gasteiger partial charge in [0.05, 0.1) is 40.5 Å². The third-order valence-corrected chi connectivity index (χ3v) is 8.82. The fourth-order valence-electron chi connectivity index (χ4n) is 5.80. The van der Waals surface area contributed by atoms with Gasteiger partial charge in [-0.3, -0.25) is 4.79 Å². The number of nitrogens with zero attached hydrogens (tertiary/aromatic N) is 1. The molecule has 4 rings (SSSR count). The summed E-state index contributed by atoms with van der Waals surface area (Å²) in [6.45, 7) is 14.5. The molecule has 17 heteroatoms. The van der Waals surface area contributed by atoms with Gasteiger partial charge in [-0.15, -0.1) is 24.8 Å². The van der Waals surface area contributed by atoms with Gasteiger partial charge in [0.15, 0.2) is 6.79 Å². The molecule has 0 aliphatic carbocycles. The van der Waals surface area contributed by atoms with Crippen LogP contribution in [0.5, 0.6) is 11.5 Å². The molecule has 0 bridgehead atoms. The predicted octanol–water partition coefficient (Wildman–Crippen LogP) is 7.37. The van der Waals surface area contributed by atoms with Crippen molar-refractivity contribution >= 4 is 114 Å². The molecule has 0 saturated heterocycles. The van der Waals surface area contributed by atoms with Gasteiger partial charge in [-0.1, -0.05) is 125 Å². The van der Waals surface area contributed by atoms with E-state index in [1.165, 1.54) is 11.1 Å². The number of aliphatic hydroxyl groups is 3. The quantitative estimate of drug-likeness (QED) is 0.0164. The Morgan fingerprint density at radius 1 is 0.731 bits per heavy atom.